The zero-order valence-electron chi connectivity index (χ0n) is 17.7. The van der Waals surface area contributed by atoms with Crippen molar-refractivity contribution < 1.29 is 0 Å². The van der Waals surface area contributed by atoms with E-state index in [1.54, 1.807) is 0 Å². The number of pyridine rings is 1. The van der Waals surface area contributed by atoms with Crippen molar-refractivity contribution in [1.82, 2.24) is 4.98 Å². The minimum atomic E-state index is -0.381. The van der Waals surface area contributed by atoms with E-state index in [1.807, 2.05) is 54.6 Å². The fraction of sp³-hybridized carbons (Fsp3) is 0. The van der Waals surface area contributed by atoms with Crippen molar-refractivity contribution in [3.8, 4) is 17.3 Å². The van der Waals surface area contributed by atoms with Gasteiger partial charge in [-0.2, -0.15) is 5.26 Å². The minimum Gasteiger partial charge on any atom is -0.321 e. The monoisotopic (exact) mass is 422 g/mol. The van der Waals surface area contributed by atoms with Crippen molar-refractivity contribution in [1.29, 1.82) is 5.26 Å². The van der Waals surface area contributed by atoms with E-state index in [0.29, 0.717) is 11.3 Å². The first-order valence-corrected chi connectivity index (χ1v) is 10.8. The van der Waals surface area contributed by atoms with E-state index in [4.69, 9.17) is 0 Å². The second kappa shape index (κ2) is 7.47. The fourth-order valence-corrected chi connectivity index (χ4v) is 4.69. The van der Waals surface area contributed by atoms with E-state index in [9.17, 15) is 10.1 Å². The summed E-state index contributed by atoms with van der Waals surface area (Å²) in [4.78, 5) is 15.8. The van der Waals surface area contributed by atoms with Crippen LogP contribution in [-0.2, 0) is 0 Å². The summed E-state index contributed by atoms with van der Waals surface area (Å²) >= 11 is 0. The van der Waals surface area contributed by atoms with Gasteiger partial charge in [-0.3, -0.25) is 4.79 Å². The van der Waals surface area contributed by atoms with Gasteiger partial charge in [-0.05, 0) is 49.5 Å². The maximum Gasteiger partial charge on any atom is 0.266 e. The minimum absolute atomic E-state index is 0.114. The Balaban J connectivity index is 1.60. The van der Waals surface area contributed by atoms with E-state index in [2.05, 4.69) is 59.6 Å². The lowest BCUT2D eigenvalue weighted by Gasteiger charge is -2.14. The Bertz CT molecular complexity index is 1770. The number of aromatic amines is 1. The van der Waals surface area contributed by atoms with Gasteiger partial charge in [-0.15, -0.1) is 0 Å². The van der Waals surface area contributed by atoms with Crippen LogP contribution in [0.15, 0.2) is 95.8 Å². The number of hydrogen-bond acceptors (Lipinski definition) is 2. The van der Waals surface area contributed by atoms with Gasteiger partial charge >= 0.3 is 0 Å². The maximum atomic E-state index is 12.8. The van der Waals surface area contributed by atoms with Crippen LogP contribution in [0.4, 0.5) is 0 Å². The third-order valence-corrected chi connectivity index (χ3v) is 6.25. The Hall–Kier alpha value is -4.68. The van der Waals surface area contributed by atoms with E-state index in [1.165, 1.54) is 26.9 Å². The molecule has 0 aliphatic rings. The molecule has 5 aromatic carbocycles. The van der Waals surface area contributed by atoms with Gasteiger partial charge in [-0.25, -0.2) is 0 Å². The molecule has 0 atom stereocenters. The van der Waals surface area contributed by atoms with Crippen molar-refractivity contribution in [3.05, 3.63) is 118 Å². The van der Waals surface area contributed by atoms with Crippen LogP contribution in [0.3, 0.4) is 0 Å². The Labute approximate surface area is 190 Å². The van der Waals surface area contributed by atoms with Crippen LogP contribution in [-0.4, -0.2) is 4.98 Å². The van der Waals surface area contributed by atoms with Crippen molar-refractivity contribution >= 4 is 44.5 Å². The topological polar surface area (TPSA) is 56.6 Å². The molecular weight excluding hydrogens is 404 g/mol. The van der Waals surface area contributed by atoms with Gasteiger partial charge in [0, 0.05) is 11.3 Å². The third kappa shape index (κ3) is 3.09. The molecule has 0 saturated heterocycles. The van der Waals surface area contributed by atoms with Crippen LogP contribution in [0, 0.1) is 11.3 Å². The van der Waals surface area contributed by atoms with Crippen molar-refractivity contribution in [3.63, 3.8) is 0 Å². The average molecular weight is 422 g/mol. The molecule has 0 amide bonds. The predicted molar refractivity (Wildman–Crippen MR) is 136 cm³/mol. The molecular formula is C30H18N2O. The number of rotatable bonds is 3. The van der Waals surface area contributed by atoms with Gasteiger partial charge < -0.3 is 4.98 Å². The molecule has 154 valence electrons. The molecule has 3 nitrogen and oxygen atoms in total. The second-order valence-corrected chi connectivity index (χ2v) is 8.17. The van der Waals surface area contributed by atoms with E-state index in [-0.39, 0.29) is 11.1 Å². The number of nitrogens with one attached hydrogen (secondary N) is 1. The molecule has 0 saturated carbocycles. The Morgan fingerprint density at radius 2 is 1.42 bits per heavy atom. The van der Waals surface area contributed by atoms with Crippen LogP contribution in [0.2, 0.25) is 0 Å². The molecule has 1 aromatic heterocycles. The molecule has 0 unspecified atom stereocenters. The normalized spacial score (nSPS) is 11.6. The molecule has 0 aliphatic heterocycles. The highest BCUT2D eigenvalue weighted by atomic mass is 16.1. The smallest absolute Gasteiger partial charge is 0.266 e. The quantitative estimate of drug-likeness (QED) is 0.313. The lowest BCUT2D eigenvalue weighted by Crippen LogP contribution is -2.13. The Morgan fingerprint density at radius 1 is 0.727 bits per heavy atom. The molecule has 0 bridgehead atoms. The first-order valence-electron chi connectivity index (χ1n) is 10.8. The van der Waals surface area contributed by atoms with Gasteiger partial charge in [-0.1, -0.05) is 97.1 Å². The zero-order chi connectivity index (χ0) is 22.4. The molecule has 3 heteroatoms. The molecule has 6 rings (SSSR count). The van der Waals surface area contributed by atoms with E-state index in [0.717, 1.165) is 16.5 Å². The van der Waals surface area contributed by atoms with E-state index >= 15 is 0 Å². The van der Waals surface area contributed by atoms with Crippen LogP contribution < -0.4 is 5.56 Å². The van der Waals surface area contributed by atoms with Crippen molar-refractivity contribution in [2.45, 2.75) is 0 Å². The molecule has 0 radical (unpaired) electrons. The van der Waals surface area contributed by atoms with E-state index < -0.39 is 0 Å². The number of hydrogen-bond donors (Lipinski definition) is 1. The summed E-state index contributed by atoms with van der Waals surface area (Å²) in [7, 11) is 0. The number of benzene rings is 5. The molecule has 0 aliphatic carbocycles. The third-order valence-electron chi connectivity index (χ3n) is 6.25. The zero-order valence-corrected chi connectivity index (χ0v) is 17.7. The SMILES string of the molecule is N#Cc1c(/C=C/c2ccccc2)cc(-c2ccc3ccc4cccc5ccc2c3c45)[nH]c1=O. The summed E-state index contributed by atoms with van der Waals surface area (Å²) in [5, 5.41) is 16.7. The van der Waals surface area contributed by atoms with Crippen LogP contribution in [0.25, 0.3) is 55.7 Å². The highest BCUT2D eigenvalue weighted by molar-refractivity contribution is 6.25. The van der Waals surface area contributed by atoms with Crippen LogP contribution in [0.5, 0.6) is 0 Å². The van der Waals surface area contributed by atoms with Gasteiger partial charge in [0.1, 0.15) is 11.6 Å². The summed E-state index contributed by atoms with van der Waals surface area (Å²) < 4.78 is 0. The molecule has 33 heavy (non-hydrogen) atoms. The van der Waals surface area contributed by atoms with Gasteiger partial charge in [0.05, 0.1) is 0 Å². The predicted octanol–water partition coefficient (Wildman–Crippen LogP) is 6.98. The number of H-pyrrole nitrogens is 1. The largest absolute Gasteiger partial charge is 0.321 e. The first kappa shape index (κ1) is 19.0. The molecule has 6 aromatic rings. The number of nitriles is 1. The fourth-order valence-electron chi connectivity index (χ4n) is 4.69. The molecule has 1 N–H and O–H groups in total. The highest BCUT2D eigenvalue weighted by Crippen LogP contribution is 2.38. The molecule has 0 spiro atoms. The summed E-state index contributed by atoms with van der Waals surface area (Å²) in [6.07, 6.45) is 3.76. The first-order chi connectivity index (χ1) is 16.2. The second-order valence-electron chi connectivity index (χ2n) is 8.17. The summed E-state index contributed by atoms with van der Waals surface area (Å²) in [6.45, 7) is 0. The van der Waals surface area contributed by atoms with Crippen LogP contribution in [0.1, 0.15) is 16.7 Å². The Morgan fingerprint density at radius 3 is 2.18 bits per heavy atom. The maximum absolute atomic E-state index is 12.8. The Kier molecular flexibility index (Phi) is 4.31. The van der Waals surface area contributed by atoms with Gasteiger partial charge in [0.15, 0.2) is 0 Å². The summed E-state index contributed by atoms with van der Waals surface area (Å²) in [5.74, 6) is 0. The molecule has 1 heterocycles. The van der Waals surface area contributed by atoms with Crippen molar-refractivity contribution in [2.24, 2.45) is 0 Å². The van der Waals surface area contributed by atoms with Gasteiger partial charge in [0.2, 0.25) is 0 Å². The standard InChI is InChI=1S/C30H18N2O/c31-18-26-23(10-9-19-5-2-1-3-6-19)17-27(32-30(26)33)24-15-13-22-12-11-20-7-4-8-21-14-16-25(24)29(22)28(20)21/h1-17H,(H,32,33)/b10-9+. The highest BCUT2D eigenvalue weighted by Gasteiger charge is 2.14. The number of aromatic nitrogens is 1. The summed E-state index contributed by atoms with van der Waals surface area (Å²) in [6, 6.07) is 32.8. The molecule has 0 fully saturated rings. The number of nitrogens with zero attached hydrogens (tertiary/aromatic N) is 1. The van der Waals surface area contributed by atoms with Crippen LogP contribution >= 0.6 is 0 Å². The lowest BCUT2D eigenvalue weighted by molar-refractivity contribution is 1.21. The lowest BCUT2D eigenvalue weighted by atomic mass is 9.90. The average Bonchev–Trinajstić information content (AvgIpc) is 2.86. The van der Waals surface area contributed by atoms with Crippen molar-refractivity contribution in [2.75, 3.05) is 0 Å². The van der Waals surface area contributed by atoms with Gasteiger partial charge in [0.25, 0.3) is 5.56 Å². The summed E-state index contributed by atoms with van der Waals surface area (Å²) in [5.41, 5.74) is 2.98.